The molecular weight excluding hydrogens is 476 g/mol. The summed E-state index contributed by atoms with van der Waals surface area (Å²) in [6.45, 7) is 10.5. The Morgan fingerprint density at radius 2 is 1.73 bits per heavy atom. The van der Waals surface area contributed by atoms with Crippen LogP contribution in [0.25, 0.3) is 21.9 Å². The molecule has 0 aliphatic heterocycles. The average molecular weight is 511 g/mol. The van der Waals surface area contributed by atoms with Gasteiger partial charge in [0.25, 0.3) is 0 Å². The Hall–Kier alpha value is -3.75. The maximum Gasteiger partial charge on any atom is 0.204 e. The zero-order valence-corrected chi connectivity index (χ0v) is 21.8. The van der Waals surface area contributed by atoms with Gasteiger partial charge in [-0.2, -0.15) is 0 Å². The lowest BCUT2D eigenvalue weighted by Gasteiger charge is -2.16. The van der Waals surface area contributed by atoms with Gasteiger partial charge in [-0.1, -0.05) is 36.0 Å². The van der Waals surface area contributed by atoms with Crippen LogP contribution in [-0.4, -0.2) is 44.3 Å². The van der Waals surface area contributed by atoms with Crippen molar-refractivity contribution in [2.45, 2.75) is 58.7 Å². The van der Waals surface area contributed by atoms with E-state index >= 15 is 0 Å². The predicted octanol–water partition coefficient (Wildman–Crippen LogP) is 4.76. The second kappa shape index (κ2) is 10.7. The van der Waals surface area contributed by atoms with Crippen LogP contribution < -0.4 is 10.2 Å². The van der Waals surface area contributed by atoms with Crippen molar-refractivity contribution < 1.29 is 34.7 Å². The summed E-state index contributed by atoms with van der Waals surface area (Å²) in [4.78, 5) is 13.7. The van der Waals surface area contributed by atoms with Gasteiger partial charge in [-0.3, -0.25) is 4.79 Å². The van der Waals surface area contributed by atoms with Gasteiger partial charge in [-0.15, -0.1) is 0 Å². The molecule has 0 aliphatic carbocycles. The number of aliphatic hydroxyl groups is 2. The first kappa shape index (κ1) is 27.8. The smallest absolute Gasteiger partial charge is 0.204 e. The molecule has 8 nitrogen and oxygen atoms in total. The fraction of sp³-hybridized carbons (Fsp3) is 0.345. The van der Waals surface area contributed by atoms with E-state index in [2.05, 4.69) is 6.58 Å². The summed E-state index contributed by atoms with van der Waals surface area (Å²) in [6, 6.07) is 2.46. The molecule has 1 unspecified atom stereocenters. The summed E-state index contributed by atoms with van der Waals surface area (Å²) in [7, 11) is 1.38. The highest BCUT2D eigenvalue weighted by Gasteiger charge is 2.24. The van der Waals surface area contributed by atoms with Crippen molar-refractivity contribution in [1.29, 1.82) is 0 Å². The summed E-state index contributed by atoms with van der Waals surface area (Å²) in [5.74, 6) is -0.961. The number of hydrogen-bond donors (Lipinski definition) is 5. The Morgan fingerprint density at radius 3 is 2.32 bits per heavy atom. The largest absolute Gasteiger partial charge is 0.507 e. The quantitative estimate of drug-likeness (QED) is 0.205. The van der Waals surface area contributed by atoms with E-state index in [0.29, 0.717) is 17.6 Å². The minimum Gasteiger partial charge on any atom is -0.507 e. The number of hydrogen-bond acceptors (Lipinski definition) is 8. The molecule has 2 aromatic carbocycles. The maximum atomic E-state index is 13.7. The van der Waals surface area contributed by atoms with Crippen molar-refractivity contribution in [2.75, 3.05) is 7.11 Å². The van der Waals surface area contributed by atoms with E-state index in [1.807, 2.05) is 19.1 Å². The topological polar surface area (TPSA) is 141 Å². The van der Waals surface area contributed by atoms with E-state index in [-0.39, 0.29) is 57.6 Å². The molecule has 37 heavy (non-hydrogen) atoms. The number of aromatic hydroxyl groups is 3. The fourth-order valence-electron chi connectivity index (χ4n) is 4.11. The number of methoxy groups -OCH3 is 1. The highest BCUT2D eigenvalue weighted by molar-refractivity contribution is 5.97. The Kier molecular flexibility index (Phi) is 8.05. The first-order chi connectivity index (χ1) is 17.2. The Morgan fingerprint density at radius 1 is 1.11 bits per heavy atom. The summed E-state index contributed by atoms with van der Waals surface area (Å²) in [5, 5.41) is 52.1. The lowest BCUT2D eigenvalue weighted by molar-refractivity contribution is 0.133. The molecule has 1 heterocycles. The number of aliphatic hydroxyl groups excluding tert-OH is 1. The van der Waals surface area contributed by atoms with Gasteiger partial charge in [0.1, 0.15) is 28.1 Å². The SMILES string of the molecule is C=C(C)C(O)Cc1c(O)cc2oc3cc(O)c(OC)c(C/C=C(\C)C/C=C/C(C)(C)O)c3c(=O)c2c1O. The molecule has 0 saturated heterocycles. The molecule has 1 aromatic heterocycles. The number of benzene rings is 2. The van der Waals surface area contributed by atoms with Crippen molar-refractivity contribution in [3.63, 3.8) is 0 Å². The number of phenolic OH excluding ortho intramolecular Hbond substituents is 3. The Bertz CT molecular complexity index is 1470. The lowest BCUT2D eigenvalue weighted by atomic mass is 9.97. The van der Waals surface area contributed by atoms with Gasteiger partial charge in [0.15, 0.2) is 11.5 Å². The van der Waals surface area contributed by atoms with Crippen LogP contribution in [0.3, 0.4) is 0 Å². The molecule has 8 heteroatoms. The molecule has 5 N–H and O–H groups in total. The van der Waals surface area contributed by atoms with E-state index in [9.17, 15) is 30.3 Å². The van der Waals surface area contributed by atoms with E-state index in [1.165, 1.54) is 19.2 Å². The van der Waals surface area contributed by atoms with Crippen molar-refractivity contribution in [2.24, 2.45) is 0 Å². The number of phenols is 3. The number of ether oxygens (including phenoxy) is 1. The number of fused-ring (bicyclic) bond motifs is 2. The second-order valence-corrected chi connectivity index (χ2v) is 9.89. The van der Waals surface area contributed by atoms with Crippen molar-refractivity contribution in [1.82, 2.24) is 0 Å². The van der Waals surface area contributed by atoms with Gasteiger partial charge in [0, 0.05) is 29.7 Å². The van der Waals surface area contributed by atoms with Gasteiger partial charge >= 0.3 is 0 Å². The van der Waals surface area contributed by atoms with Crippen LogP contribution in [0.1, 0.15) is 45.2 Å². The monoisotopic (exact) mass is 510 g/mol. The van der Waals surface area contributed by atoms with Gasteiger partial charge in [-0.25, -0.2) is 0 Å². The molecule has 0 fully saturated rings. The molecule has 3 aromatic rings. The Balaban J connectivity index is 2.23. The van der Waals surface area contributed by atoms with Crippen LogP contribution in [0.15, 0.2) is 57.3 Å². The zero-order valence-electron chi connectivity index (χ0n) is 21.8. The molecule has 1 atom stereocenters. The third-order valence-corrected chi connectivity index (χ3v) is 6.13. The zero-order chi connectivity index (χ0) is 27.7. The summed E-state index contributed by atoms with van der Waals surface area (Å²) in [6.07, 6.45) is 5.01. The summed E-state index contributed by atoms with van der Waals surface area (Å²) >= 11 is 0. The minimum atomic E-state index is -1.03. The summed E-state index contributed by atoms with van der Waals surface area (Å²) < 4.78 is 11.3. The molecule has 198 valence electrons. The molecule has 0 bridgehead atoms. The maximum absolute atomic E-state index is 13.7. The van der Waals surface area contributed by atoms with Crippen LogP contribution >= 0.6 is 0 Å². The highest BCUT2D eigenvalue weighted by atomic mass is 16.5. The van der Waals surface area contributed by atoms with Gasteiger partial charge in [0.05, 0.1) is 24.2 Å². The number of allylic oxidation sites excluding steroid dienone is 3. The average Bonchev–Trinajstić information content (AvgIpc) is 2.78. The fourth-order valence-corrected chi connectivity index (χ4v) is 4.11. The number of rotatable bonds is 9. The summed E-state index contributed by atoms with van der Waals surface area (Å²) in [5.41, 5.74) is 0.250. The lowest BCUT2D eigenvalue weighted by Crippen LogP contribution is -2.13. The second-order valence-electron chi connectivity index (χ2n) is 9.89. The van der Waals surface area contributed by atoms with Crippen molar-refractivity contribution in [3.05, 3.63) is 69.4 Å². The van der Waals surface area contributed by atoms with Crippen LogP contribution in [0.2, 0.25) is 0 Å². The molecule has 0 radical (unpaired) electrons. The normalized spacial score (nSPS) is 13.5. The van der Waals surface area contributed by atoms with Gasteiger partial charge in [0.2, 0.25) is 5.43 Å². The van der Waals surface area contributed by atoms with Crippen LogP contribution in [0, 0.1) is 0 Å². The predicted molar refractivity (Wildman–Crippen MR) is 144 cm³/mol. The first-order valence-electron chi connectivity index (χ1n) is 11.9. The molecule has 0 amide bonds. The van der Waals surface area contributed by atoms with Crippen molar-refractivity contribution >= 4 is 21.9 Å². The highest BCUT2D eigenvalue weighted by Crippen LogP contribution is 2.41. The van der Waals surface area contributed by atoms with Crippen LogP contribution in [0.4, 0.5) is 0 Å². The third-order valence-electron chi connectivity index (χ3n) is 6.13. The molecule has 0 spiro atoms. The minimum absolute atomic E-state index is 0.00345. The molecule has 3 rings (SSSR count). The van der Waals surface area contributed by atoms with Gasteiger partial charge in [-0.05, 0) is 40.5 Å². The van der Waals surface area contributed by atoms with Crippen LogP contribution in [-0.2, 0) is 12.8 Å². The molecular formula is C29H34O8. The Labute approximate surface area is 215 Å². The van der Waals surface area contributed by atoms with E-state index in [4.69, 9.17) is 9.15 Å². The van der Waals surface area contributed by atoms with Crippen LogP contribution in [0.5, 0.6) is 23.0 Å². The van der Waals surface area contributed by atoms with Crippen molar-refractivity contribution in [3.8, 4) is 23.0 Å². The van der Waals surface area contributed by atoms with Gasteiger partial charge < -0.3 is 34.7 Å². The standard InChI is InChI=1S/C29H34O8/c1-15(2)19(30)12-18-20(31)13-23-25(26(18)33)27(34)24-17(28(36-6)21(32)14-22(24)37-23)10-9-16(3)8-7-11-29(4,5)35/h7,9,11,13-14,19,30-33,35H,1,8,10,12H2,2-6H3/b11-7+,16-9+. The molecule has 0 aliphatic rings. The van der Waals surface area contributed by atoms with E-state index in [0.717, 1.165) is 5.57 Å². The van der Waals surface area contributed by atoms with E-state index < -0.39 is 22.9 Å². The molecule has 0 saturated carbocycles. The first-order valence-corrected chi connectivity index (χ1v) is 11.9. The third kappa shape index (κ3) is 5.98. The van der Waals surface area contributed by atoms with E-state index in [1.54, 1.807) is 26.8 Å².